The van der Waals surface area contributed by atoms with Crippen molar-refractivity contribution in [1.29, 1.82) is 0 Å². The van der Waals surface area contributed by atoms with Crippen molar-refractivity contribution in [3.63, 3.8) is 0 Å². The molecule has 0 heterocycles. The first-order valence-corrected chi connectivity index (χ1v) is 4.88. The van der Waals surface area contributed by atoms with Crippen LogP contribution in [0.5, 0.6) is 0 Å². The maximum absolute atomic E-state index is 3.48. The lowest BCUT2D eigenvalue weighted by molar-refractivity contribution is 0.506. The van der Waals surface area contributed by atoms with E-state index in [4.69, 9.17) is 0 Å². The molecular formula is C11H17S+. The first kappa shape index (κ1) is 9.66. The van der Waals surface area contributed by atoms with E-state index in [9.17, 15) is 0 Å². The zero-order valence-corrected chi connectivity index (χ0v) is 9.02. The molecule has 0 amide bonds. The van der Waals surface area contributed by atoms with E-state index in [2.05, 4.69) is 57.7 Å². The van der Waals surface area contributed by atoms with Crippen molar-refractivity contribution < 1.29 is 0 Å². The van der Waals surface area contributed by atoms with Crippen molar-refractivity contribution in [2.45, 2.75) is 37.5 Å². The van der Waals surface area contributed by atoms with Crippen molar-refractivity contribution in [2.75, 3.05) is 0 Å². The fraction of sp³-hybridized carbons (Fsp3) is 0.455. The zero-order valence-electron chi connectivity index (χ0n) is 8.02. The molecule has 0 unspecified atom stereocenters. The van der Waals surface area contributed by atoms with Crippen LogP contribution in [-0.2, 0) is 18.0 Å². The van der Waals surface area contributed by atoms with Crippen LogP contribution >= 0.6 is 0 Å². The fourth-order valence-corrected chi connectivity index (χ4v) is 1.29. The van der Waals surface area contributed by atoms with E-state index >= 15 is 0 Å². The van der Waals surface area contributed by atoms with Crippen molar-refractivity contribution in [3.8, 4) is 0 Å². The number of benzene rings is 1. The number of hydrogen-bond donors (Lipinski definition) is 0. The van der Waals surface area contributed by atoms with Crippen molar-refractivity contribution >= 4 is 12.6 Å². The van der Waals surface area contributed by atoms with Crippen LogP contribution in [0, 0.1) is 0 Å². The molecule has 1 rings (SSSR count). The molecule has 66 valence electrons. The predicted octanol–water partition coefficient (Wildman–Crippen LogP) is 2.74. The standard InChI is InChI=1S/C11H16S/c1-4-11(2,3)9-5-7-10(12)8-6-9/h5-8,12H,4H2,1-3H3/p+1. The molecule has 0 bridgehead atoms. The van der Waals surface area contributed by atoms with Crippen molar-refractivity contribution in [3.05, 3.63) is 29.8 Å². The monoisotopic (exact) mass is 181 g/mol. The Morgan fingerprint density at radius 3 is 2.08 bits per heavy atom. The van der Waals surface area contributed by atoms with E-state index in [0.717, 1.165) is 4.90 Å². The lowest BCUT2D eigenvalue weighted by Gasteiger charge is -2.22. The second-order valence-corrected chi connectivity index (χ2v) is 4.39. The number of hydrogen-bond acceptors (Lipinski definition) is 0. The normalized spacial score (nSPS) is 11.7. The van der Waals surface area contributed by atoms with Crippen LogP contribution in [0.4, 0.5) is 0 Å². The highest BCUT2D eigenvalue weighted by Crippen LogP contribution is 2.26. The Morgan fingerprint density at radius 2 is 1.67 bits per heavy atom. The minimum Gasteiger partial charge on any atom is -0.0646 e. The van der Waals surface area contributed by atoms with E-state index in [1.807, 2.05) is 0 Å². The molecule has 0 aliphatic heterocycles. The second-order valence-electron chi connectivity index (χ2n) is 3.81. The molecule has 0 aromatic heterocycles. The molecule has 1 aromatic carbocycles. The summed E-state index contributed by atoms with van der Waals surface area (Å²) in [7, 11) is 0. The molecule has 0 aliphatic carbocycles. The fourth-order valence-electron chi connectivity index (χ4n) is 1.13. The largest absolute Gasteiger partial charge is 0.150 e. The summed E-state index contributed by atoms with van der Waals surface area (Å²) in [4.78, 5) is 1.14. The SMILES string of the molecule is CCC(C)(C)c1ccc([SH2+])cc1. The molecule has 12 heavy (non-hydrogen) atoms. The van der Waals surface area contributed by atoms with Crippen LogP contribution in [0.15, 0.2) is 29.2 Å². The zero-order chi connectivity index (χ0) is 9.19. The predicted molar refractivity (Wildman–Crippen MR) is 58.2 cm³/mol. The van der Waals surface area contributed by atoms with Crippen LogP contribution in [0.1, 0.15) is 32.8 Å². The van der Waals surface area contributed by atoms with E-state index in [-0.39, 0.29) is 0 Å². The Labute approximate surface area is 80.4 Å². The maximum atomic E-state index is 3.48. The second kappa shape index (κ2) is 3.53. The van der Waals surface area contributed by atoms with Gasteiger partial charge in [0.05, 0.1) is 0 Å². The Bertz CT molecular complexity index is 246. The molecule has 1 aromatic rings. The van der Waals surface area contributed by atoms with Gasteiger partial charge in [-0.05, 0) is 42.2 Å². The third-order valence-electron chi connectivity index (χ3n) is 2.55. The smallest absolute Gasteiger partial charge is 0.0646 e. The van der Waals surface area contributed by atoms with Crippen LogP contribution in [0.2, 0.25) is 0 Å². The van der Waals surface area contributed by atoms with Gasteiger partial charge in [-0.3, -0.25) is 0 Å². The maximum Gasteiger partial charge on any atom is 0.150 e. The molecule has 0 nitrogen and oxygen atoms in total. The Morgan fingerprint density at radius 1 is 1.17 bits per heavy atom. The molecule has 0 radical (unpaired) electrons. The van der Waals surface area contributed by atoms with Gasteiger partial charge in [0.1, 0.15) is 4.90 Å². The molecule has 1 heteroatoms. The van der Waals surface area contributed by atoms with Gasteiger partial charge in [0.25, 0.3) is 0 Å². The van der Waals surface area contributed by atoms with Gasteiger partial charge in [-0.25, -0.2) is 0 Å². The van der Waals surface area contributed by atoms with E-state index in [1.54, 1.807) is 0 Å². The minimum atomic E-state index is 0.305. The Balaban J connectivity index is 2.96. The highest BCUT2D eigenvalue weighted by molar-refractivity contribution is 7.58. The summed E-state index contributed by atoms with van der Waals surface area (Å²) >= 11 is 3.48. The third kappa shape index (κ3) is 2.04. The van der Waals surface area contributed by atoms with Crippen molar-refractivity contribution in [1.82, 2.24) is 0 Å². The summed E-state index contributed by atoms with van der Waals surface area (Å²) in [6.07, 6.45) is 1.17. The summed E-state index contributed by atoms with van der Waals surface area (Å²) in [6.45, 7) is 6.77. The van der Waals surface area contributed by atoms with Crippen LogP contribution in [0.25, 0.3) is 0 Å². The summed E-state index contributed by atoms with van der Waals surface area (Å²) < 4.78 is 0. The van der Waals surface area contributed by atoms with E-state index in [0.29, 0.717) is 5.41 Å². The lowest BCUT2D eigenvalue weighted by atomic mass is 9.82. The quantitative estimate of drug-likeness (QED) is 0.615. The van der Waals surface area contributed by atoms with E-state index in [1.165, 1.54) is 12.0 Å². The Kier molecular flexibility index (Phi) is 2.84. The molecular weight excluding hydrogens is 164 g/mol. The first-order valence-electron chi connectivity index (χ1n) is 4.38. The molecule has 0 saturated carbocycles. The molecule has 0 aliphatic rings. The van der Waals surface area contributed by atoms with E-state index < -0.39 is 0 Å². The third-order valence-corrected chi connectivity index (χ3v) is 2.88. The minimum absolute atomic E-state index is 0.305. The average Bonchev–Trinajstić information content (AvgIpc) is 2.05. The van der Waals surface area contributed by atoms with Gasteiger partial charge in [-0.15, -0.1) is 0 Å². The van der Waals surface area contributed by atoms with Gasteiger partial charge in [0.2, 0.25) is 0 Å². The van der Waals surface area contributed by atoms with Gasteiger partial charge < -0.3 is 0 Å². The molecule has 0 spiro atoms. The van der Waals surface area contributed by atoms with Gasteiger partial charge >= 0.3 is 0 Å². The number of rotatable bonds is 2. The highest BCUT2D eigenvalue weighted by atomic mass is 32.1. The summed E-state index contributed by atoms with van der Waals surface area (Å²) in [5.41, 5.74) is 1.71. The first-order chi connectivity index (χ1) is 5.56. The van der Waals surface area contributed by atoms with Gasteiger partial charge in [0, 0.05) is 0 Å². The van der Waals surface area contributed by atoms with Gasteiger partial charge in [-0.2, -0.15) is 0 Å². The molecule has 0 saturated heterocycles. The van der Waals surface area contributed by atoms with Crippen LogP contribution in [0.3, 0.4) is 0 Å². The molecule has 0 atom stereocenters. The average molecular weight is 181 g/mol. The van der Waals surface area contributed by atoms with Gasteiger partial charge in [-0.1, -0.05) is 32.9 Å². The summed E-state index contributed by atoms with van der Waals surface area (Å²) in [5, 5.41) is 0. The molecule has 0 N–H and O–H groups in total. The lowest BCUT2D eigenvalue weighted by Crippen LogP contribution is -2.14. The highest BCUT2D eigenvalue weighted by Gasteiger charge is 2.17. The van der Waals surface area contributed by atoms with Crippen LogP contribution in [-0.4, -0.2) is 0 Å². The summed E-state index contributed by atoms with van der Waals surface area (Å²) in [5.74, 6) is 0. The van der Waals surface area contributed by atoms with Crippen molar-refractivity contribution in [2.24, 2.45) is 0 Å². The Hall–Kier alpha value is -0.430. The van der Waals surface area contributed by atoms with Crippen LogP contribution < -0.4 is 0 Å². The topological polar surface area (TPSA) is 0 Å². The van der Waals surface area contributed by atoms with Gasteiger partial charge in [0.15, 0.2) is 0 Å². The molecule has 0 fully saturated rings. The summed E-state index contributed by atoms with van der Waals surface area (Å²) in [6, 6.07) is 8.57.